The van der Waals surface area contributed by atoms with E-state index in [9.17, 15) is 19.5 Å². The largest absolute Gasteiger partial charge is 0.462 e. The summed E-state index contributed by atoms with van der Waals surface area (Å²) in [6.07, 6.45) is 0.457. The van der Waals surface area contributed by atoms with Gasteiger partial charge in [-0.1, -0.05) is 6.08 Å². The zero-order chi connectivity index (χ0) is 15.1. The Kier molecular flexibility index (Phi) is 6.38. The first-order chi connectivity index (χ1) is 9.42. The number of hydrogen-bond donors (Lipinski definition) is 1. The lowest BCUT2D eigenvalue weighted by molar-refractivity contribution is -0.159. The molecule has 0 aromatic rings. The lowest BCUT2D eigenvalue weighted by Crippen LogP contribution is -2.35. The summed E-state index contributed by atoms with van der Waals surface area (Å²) in [5.74, 6) is -1.42. The Balaban J connectivity index is 2.78. The number of Topliss-reactive ketones (excluding diaryl/α,β-unsaturated/α-hetero) is 1. The van der Waals surface area contributed by atoms with Crippen molar-refractivity contribution in [2.24, 2.45) is 0 Å². The second-order valence-corrected chi connectivity index (χ2v) is 4.82. The smallest absolute Gasteiger partial charge is 0.331 e. The van der Waals surface area contributed by atoms with E-state index >= 15 is 0 Å². The number of carbonyl (C=O) groups excluding carboxylic acids is 3. The van der Waals surface area contributed by atoms with Crippen LogP contribution in [0, 0.1) is 0 Å². The molecular formula is C14H20O6. The highest BCUT2D eigenvalue weighted by atomic mass is 16.6. The third kappa shape index (κ3) is 5.52. The van der Waals surface area contributed by atoms with Crippen LogP contribution in [0.5, 0.6) is 0 Å². The maximum Gasteiger partial charge on any atom is 0.331 e. The van der Waals surface area contributed by atoms with E-state index in [4.69, 9.17) is 9.47 Å². The first-order valence-corrected chi connectivity index (χ1v) is 6.66. The highest BCUT2D eigenvalue weighted by Crippen LogP contribution is 2.16. The third-order valence-electron chi connectivity index (χ3n) is 2.92. The predicted octanol–water partition coefficient (Wildman–Crippen LogP) is 0.910. The van der Waals surface area contributed by atoms with Gasteiger partial charge in [0.1, 0.15) is 6.10 Å². The van der Waals surface area contributed by atoms with Gasteiger partial charge in [0.05, 0.1) is 6.10 Å². The van der Waals surface area contributed by atoms with Gasteiger partial charge in [0, 0.05) is 25.3 Å². The van der Waals surface area contributed by atoms with Crippen LogP contribution in [0.25, 0.3) is 0 Å². The Morgan fingerprint density at radius 2 is 2.15 bits per heavy atom. The molecule has 20 heavy (non-hydrogen) atoms. The van der Waals surface area contributed by atoms with Gasteiger partial charge in [0.15, 0.2) is 11.9 Å². The lowest BCUT2D eigenvalue weighted by Gasteiger charge is -2.23. The lowest BCUT2D eigenvalue weighted by atomic mass is 10.00. The fraction of sp³-hybridized carbons (Fsp3) is 0.643. The summed E-state index contributed by atoms with van der Waals surface area (Å²) in [6.45, 7) is 3.30. The van der Waals surface area contributed by atoms with Crippen LogP contribution in [0.2, 0.25) is 0 Å². The zero-order valence-corrected chi connectivity index (χ0v) is 11.7. The van der Waals surface area contributed by atoms with E-state index in [1.807, 2.05) is 0 Å². The molecule has 0 unspecified atom stereocenters. The van der Waals surface area contributed by atoms with Gasteiger partial charge in [-0.3, -0.25) is 9.59 Å². The maximum atomic E-state index is 12.0. The minimum atomic E-state index is -1.01. The van der Waals surface area contributed by atoms with Crippen molar-refractivity contribution in [2.45, 2.75) is 57.8 Å². The minimum Gasteiger partial charge on any atom is -0.462 e. The monoisotopic (exact) mass is 284 g/mol. The predicted molar refractivity (Wildman–Crippen MR) is 69.7 cm³/mol. The second kappa shape index (κ2) is 7.79. The molecule has 6 nitrogen and oxygen atoms in total. The van der Waals surface area contributed by atoms with Crippen molar-refractivity contribution in [1.82, 2.24) is 0 Å². The molecule has 0 aromatic heterocycles. The molecule has 0 bridgehead atoms. The van der Waals surface area contributed by atoms with E-state index in [1.165, 1.54) is 12.2 Å². The van der Waals surface area contributed by atoms with Gasteiger partial charge in [-0.25, -0.2) is 4.79 Å². The number of carbonyl (C=O) groups is 3. The topological polar surface area (TPSA) is 89.9 Å². The van der Waals surface area contributed by atoms with Gasteiger partial charge in [0.2, 0.25) is 0 Å². The quantitative estimate of drug-likeness (QED) is 0.599. The van der Waals surface area contributed by atoms with E-state index < -0.39 is 30.3 Å². The molecule has 6 heteroatoms. The van der Waals surface area contributed by atoms with Crippen LogP contribution in [0.3, 0.4) is 0 Å². The van der Waals surface area contributed by atoms with Crippen LogP contribution in [-0.2, 0) is 23.9 Å². The third-order valence-corrected chi connectivity index (χ3v) is 2.92. The summed E-state index contributed by atoms with van der Waals surface area (Å²) in [5.41, 5.74) is 0. The molecule has 1 fully saturated rings. The number of ketones is 1. The van der Waals surface area contributed by atoms with Gasteiger partial charge in [-0.2, -0.15) is 0 Å². The summed E-state index contributed by atoms with van der Waals surface area (Å²) in [5, 5.41) is 9.66. The SMILES string of the molecule is C/C=C/C(=O)O[C@@H]1C[C@H](C)OC(=O)CC[C@H](O)CC1=O. The number of aliphatic hydroxyl groups excluding tert-OH is 1. The number of allylic oxidation sites excluding steroid dienone is 1. The Hall–Kier alpha value is -1.69. The summed E-state index contributed by atoms with van der Waals surface area (Å²) >= 11 is 0. The summed E-state index contributed by atoms with van der Waals surface area (Å²) in [6, 6.07) is 0. The van der Waals surface area contributed by atoms with E-state index in [0.717, 1.165) is 0 Å². The molecule has 0 spiro atoms. The first-order valence-electron chi connectivity index (χ1n) is 6.66. The molecule has 1 aliphatic rings. The summed E-state index contributed by atoms with van der Waals surface area (Å²) < 4.78 is 10.1. The van der Waals surface area contributed by atoms with Crippen molar-refractivity contribution in [1.29, 1.82) is 0 Å². The molecule has 1 aliphatic heterocycles. The van der Waals surface area contributed by atoms with Crippen molar-refractivity contribution in [2.75, 3.05) is 0 Å². The van der Waals surface area contributed by atoms with Gasteiger partial charge in [-0.15, -0.1) is 0 Å². The highest BCUT2D eigenvalue weighted by molar-refractivity contribution is 5.89. The molecule has 1 N–H and O–H groups in total. The molecule has 1 heterocycles. The van der Waals surface area contributed by atoms with Crippen molar-refractivity contribution in [3.05, 3.63) is 12.2 Å². The molecule has 0 amide bonds. The molecule has 1 rings (SSSR count). The van der Waals surface area contributed by atoms with Crippen LogP contribution >= 0.6 is 0 Å². The van der Waals surface area contributed by atoms with Crippen LogP contribution in [0.4, 0.5) is 0 Å². The first kappa shape index (κ1) is 16.4. The summed E-state index contributed by atoms with van der Waals surface area (Å²) in [7, 11) is 0. The van der Waals surface area contributed by atoms with Gasteiger partial charge in [0.25, 0.3) is 0 Å². The minimum absolute atomic E-state index is 0.0712. The molecule has 0 aromatic carbocycles. The highest BCUT2D eigenvalue weighted by Gasteiger charge is 2.29. The zero-order valence-electron chi connectivity index (χ0n) is 11.7. The van der Waals surface area contributed by atoms with E-state index in [0.29, 0.717) is 0 Å². The van der Waals surface area contributed by atoms with E-state index in [-0.39, 0.29) is 31.5 Å². The summed E-state index contributed by atoms with van der Waals surface area (Å²) in [4.78, 5) is 34.9. The van der Waals surface area contributed by atoms with Crippen LogP contribution in [0.15, 0.2) is 12.2 Å². The Morgan fingerprint density at radius 3 is 2.80 bits per heavy atom. The van der Waals surface area contributed by atoms with Crippen LogP contribution in [-0.4, -0.2) is 41.1 Å². The number of cyclic esters (lactones) is 1. The number of esters is 2. The molecular weight excluding hydrogens is 264 g/mol. The standard InChI is InChI=1S/C14H20O6/c1-3-4-13(17)20-12-7-9(2)19-14(18)6-5-10(15)8-11(12)16/h3-4,9-10,12,15H,5-8H2,1-2H3/b4-3+/t9-,10-,12+/m0/s1. The number of aliphatic hydroxyl groups is 1. The van der Waals surface area contributed by atoms with Crippen molar-refractivity contribution in [3.8, 4) is 0 Å². The number of rotatable bonds is 2. The second-order valence-electron chi connectivity index (χ2n) is 4.82. The molecule has 0 aliphatic carbocycles. The van der Waals surface area contributed by atoms with Gasteiger partial charge < -0.3 is 14.6 Å². The van der Waals surface area contributed by atoms with E-state index in [1.54, 1.807) is 13.8 Å². The maximum absolute atomic E-state index is 12.0. The van der Waals surface area contributed by atoms with Crippen molar-refractivity contribution >= 4 is 17.7 Å². The molecule has 0 radical (unpaired) electrons. The number of hydrogen-bond acceptors (Lipinski definition) is 6. The normalized spacial score (nSPS) is 29.1. The van der Waals surface area contributed by atoms with Gasteiger partial charge in [-0.05, 0) is 20.3 Å². The Labute approximate surface area is 117 Å². The average molecular weight is 284 g/mol. The fourth-order valence-electron chi connectivity index (χ4n) is 1.94. The molecule has 1 saturated heterocycles. The van der Waals surface area contributed by atoms with Crippen molar-refractivity contribution in [3.63, 3.8) is 0 Å². The number of ether oxygens (including phenoxy) is 2. The Morgan fingerprint density at radius 1 is 1.45 bits per heavy atom. The Bertz CT molecular complexity index is 400. The van der Waals surface area contributed by atoms with Gasteiger partial charge >= 0.3 is 11.9 Å². The van der Waals surface area contributed by atoms with Crippen LogP contribution < -0.4 is 0 Å². The molecule has 3 atom stereocenters. The van der Waals surface area contributed by atoms with E-state index in [2.05, 4.69) is 0 Å². The van der Waals surface area contributed by atoms with Crippen molar-refractivity contribution < 1.29 is 29.0 Å². The fourth-order valence-corrected chi connectivity index (χ4v) is 1.94. The van der Waals surface area contributed by atoms with Crippen LogP contribution in [0.1, 0.15) is 39.5 Å². The molecule has 0 saturated carbocycles. The molecule has 112 valence electrons. The average Bonchev–Trinajstić information content (AvgIpc) is 2.34.